The van der Waals surface area contributed by atoms with Crippen molar-refractivity contribution < 1.29 is 13.2 Å². The molecule has 0 radical (unpaired) electrons. The number of benzene rings is 1. The highest BCUT2D eigenvalue weighted by molar-refractivity contribution is 5.79. The molecule has 0 saturated carbocycles. The quantitative estimate of drug-likeness (QED) is 0.790. The number of pyridine rings is 1. The van der Waals surface area contributed by atoms with E-state index in [0.717, 1.165) is 12.1 Å². The average Bonchev–Trinajstić information content (AvgIpc) is 2.85. The van der Waals surface area contributed by atoms with Crippen LogP contribution in [0.2, 0.25) is 0 Å². The average molecular weight is 292 g/mol. The van der Waals surface area contributed by atoms with Crippen molar-refractivity contribution in [1.82, 2.24) is 14.8 Å². The second-order valence-electron chi connectivity index (χ2n) is 4.48. The van der Waals surface area contributed by atoms with Crippen LogP contribution in [0.3, 0.4) is 0 Å². The molecule has 108 valence electrons. The van der Waals surface area contributed by atoms with Crippen LogP contribution < -0.4 is 5.73 Å². The van der Waals surface area contributed by atoms with Crippen molar-refractivity contribution >= 4 is 11.0 Å². The molecular formula is C14H11F3N4. The standard InChI is InChI=1S/C14H11F3N4/c15-14(16,17)9-3-5-10(6-4-9)21-12-2-1-7-19-13(12)11(8-18)20-21/h1-7H,8,18H2. The third-order valence-corrected chi connectivity index (χ3v) is 3.14. The van der Waals surface area contributed by atoms with Crippen LogP contribution in [0.15, 0.2) is 42.6 Å². The smallest absolute Gasteiger partial charge is 0.325 e. The summed E-state index contributed by atoms with van der Waals surface area (Å²) in [6, 6.07) is 8.35. The number of rotatable bonds is 2. The maximum Gasteiger partial charge on any atom is 0.416 e. The fourth-order valence-electron chi connectivity index (χ4n) is 2.14. The van der Waals surface area contributed by atoms with E-state index in [1.807, 2.05) is 0 Å². The van der Waals surface area contributed by atoms with Crippen molar-refractivity contribution in [2.45, 2.75) is 12.7 Å². The second kappa shape index (κ2) is 4.85. The van der Waals surface area contributed by atoms with E-state index in [0.29, 0.717) is 22.4 Å². The van der Waals surface area contributed by atoms with Gasteiger partial charge in [-0.05, 0) is 36.4 Å². The predicted molar refractivity (Wildman–Crippen MR) is 71.8 cm³/mol. The van der Waals surface area contributed by atoms with Gasteiger partial charge in [-0.2, -0.15) is 18.3 Å². The van der Waals surface area contributed by atoms with Gasteiger partial charge in [-0.15, -0.1) is 0 Å². The summed E-state index contributed by atoms with van der Waals surface area (Å²) in [5.41, 5.74) is 7.42. The largest absolute Gasteiger partial charge is 0.416 e. The minimum absolute atomic E-state index is 0.209. The molecule has 0 bridgehead atoms. The third kappa shape index (κ3) is 2.36. The first kappa shape index (κ1) is 13.6. The Morgan fingerprint density at radius 1 is 1.10 bits per heavy atom. The maximum absolute atomic E-state index is 12.6. The molecule has 2 aromatic heterocycles. The molecule has 0 aliphatic heterocycles. The molecule has 21 heavy (non-hydrogen) atoms. The molecule has 0 amide bonds. The minimum atomic E-state index is -4.35. The van der Waals surface area contributed by atoms with Gasteiger partial charge in [-0.3, -0.25) is 4.98 Å². The highest BCUT2D eigenvalue weighted by atomic mass is 19.4. The molecule has 7 heteroatoms. The number of hydrogen-bond acceptors (Lipinski definition) is 3. The highest BCUT2D eigenvalue weighted by Crippen LogP contribution is 2.30. The van der Waals surface area contributed by atoms with E-state index in [1.165, 1.54) is 12.1 Å². The van der Waals surface area contributed by atoms with E-state index in [9.17, 15) is 13.2 Å². The summed E-state index contributed by atoms with van der Waals surface area (Å²) >= 11 is 0. The summed E-state index contributed by atoms with van der Waals surface area (Å²) in [5.74, 6) is 0. The summed E-state index contributed by atoms with van der Waals surface area (Å²) in [7, 11) is 0. The van der Waals surface area contributed by atoms with Gasteiger partial charge in [0.25, 0.3) is 0 Å². The lowest BCUT2D eigenvalue weighted by Gasteiger charge is -2.08. The van der Waals surface area contributed by atoms with Crippen LogP contribution in [0.5, 0.6) is 0 Å². The molecular weight excluding hydrogens is 281 g/mol. The number of alkyl halides is 3. The van der Waals surface area contributed by atoms with Crippen molar-refractivity contribution in [2.75, 3.05) is 0 Å². The lowest BCUT2D eigenvalue weighted by Crippen LogP contribution is -2.05. The zero-order valence-corrected chi connectivity index (χ0v) is 10.8. The van der Waals surface area contributed by atoms with Crippen molar-refractivity contribution in [1.29, 1.82) is 0 Å². The van der Waals surface area contributed by atoms with Crippen LogP contribution in [-0.4, -0.2) is 14.8 Å². The number of nitrogens with two attached hydrogens (primary N) is 1. The summed E-state index contributed by atoms with van der Waals surface area (Å²) < 4.78 is 39.3. The number of aromatic nitrogens is 3. The highest BCUT2D eigenvalue weighted by Gasteiger charge is 2.30. The molecule has 0 fully saturated rings. The number of hydrogen-bond donors (Lipinski definition) is 1. The number of halogens is 3. The van der Waals surface area contributed by atoms with Crippen molar-refractivity contribution in [3.8, 4) is 5.69 Å². The Morgan fingerprint density at radius 3 is 2.43 bits per heavy atom. The number of nitrogens with zero attached hydrogens (tertiary/aromatic N) is 3. The van der Waals surface area contributed by atoms with Gasteiger partial charge in [0.2, 0.25) is 0 Å². The van der Waals surface area contributed by atoms with E-state index in [2.05, 4.69) is 10.1 Å². The summed E-state index contributed by atoms with van der Waals surface area (Å²) in [6.07, 6.45) is -2.73. The summed E-state index contributed by atoms with van der Waals surface area (Å²) in [5, 5.41) is 4.32. The zero-order valence-electron chi connectivity index (χ0n) is 10.8. The number of fused-ring (bicyclic) bond motifs is 1. The molecule has 0 aliphatic carbocycles. The zero-order chi connectivity index (χ0) is 15.0. The van der Waals surface area contributed by atoms with E-state index < -0.39 is 11.7 Å². The topological polar surface area (TPSA) is 56.7 Å². The van der Waals surface area contributed by atoms with Gasteiger partial charge >= 0.3 is 6.18 Å². The van der Waals surface area contributed by atoms with E-state index in [4.69, 9.17) is 5.73 Å². The van der Waals surface area contributed by atoms with Crippen LogP contribution in [0.25, 0.3) is 16.7 Å². The van der Waals surface area contributed by atoms with Gasteiger partial charge in [-0.25, -0.2) is 4.68 Å². The second-order valence-corrected chi connectivity index (χ2v) is 4.48. The Bertz CT molecular complexity index is 775. The van der Waals surface area contributed by atoms with Gasteiger partial charge in [0.15, 0.2) is 0 Å². The van der Waals surface area contributed by atoms with Crippen LogP contribution in [0.1, 0.15) is 11.3 Å². The first-order valence-electron chi connectivity index (χ1n) is 6.21. The van der Waals surface area contributed by atoms with Gasteiger partial charge in [-0.1, -0.05) is 0 Å². The Kier molecular flexibility index (Phi) is 3.13. The molecule has 4 nitrogen and oxygen atoms in total. The molecule has 3 aromatic rings. The molecule has 0 saturated heterocycles. The summed E-state index contributed by atoms with van der Waals surface area (Å²) in [6.45, 7) is 0.209. The van der Waals surface area contributed by atoms with Gasteiger partial charge in [0.05, 0.1) is 16.8 Å². The van der Waals surface area contributed by atoms with Crippen LogP contribution in [-0.2, 0) is 12.7 Å². The van der Waals surface area contributed by atoms with Crippen molar-refractivity contribution in [2.24, 2.45) is 5.73 Å². The fraction of sp³-hybridized carbons (Fsp3) is 0.143. The SMILES string of the molecule is NCc1nn(-c2ccc(C(F)(F)F)cc2)c2cccnc12. The first-order valence-corrected chi connectivity index (χ1v) is 6.21. The van der Waals surface area contributed by atoms with E-state index in [1.54, 1.807) is 23.0 Å². The van der Waals surface area contributed by atoms with E-state index >= 15 is 0 Å². The normalized spacial score (nSPS) is 12.0. The molecule has 3 rings (SSSR count). The maximum atomic E-state index is 12.6. The Morgan fingerprint density at radius 2 is 1.81 bits per heavy atom. The monoisotopic (exact) mass is 292 g/mol. The fourth-order valence-corrected chi connectivity index (χ4v) is 2.14. The van der Waals surface area contributed by atoms with Gasteiger partial charge < -0.3 is 5.73 Å². The Hall–Kier alpha value is -2.41. The van der Waals surface area contributed by atoms with Crippen LogP contribution in [0.4, 0.5) is 13.2 Å². The Labute approximate surface area is 118 Å². The lowest BCUT2D eigenvalue weighted by atomic mass is 10.2. The molecule has 0 spiro atoms. The van der Waals surface area contributed by atoms with Gasteiger partial charge in [0.1, 0.15) is 11.2 Å². The molecule has 0 aliphatic rings. The molecule has 0 atom stereocenters. The van der Waals surface area contributed by atoms with Crippen molar-refractivity contribution in [3.63, 3.8) is 0 Å². The van der Waals surface area contributed by atoms with Crippen LogP contribution in [0, 0.1) is 0 Å². The Balaban J connectivity index is 2.12. The molecule has 2 heterocycles. The van der Waals surface area contributed by atoms with Gasteiger partial charge in [0, 0.05) is 12.7 Å². The summed E-state index contributed by atoms with van der Waals surface area (Å²) in [4.78, 5) is 4.21. The molecule has 0 unspecified atom stereocenters. The lowest BCUT2D eigenvalue weighted by molar-refractivity contribution is -0.137. The van der Waals surface area contributed by atoms with Crippen LogP contribution >= 0.6 is 0 Å². The minimum Gasteiger partial charge on any atom is -0.325 e. The van der Waals surface area contributed by atoms with E-state index in [-0.39, 0.29) is 6.54 Å². The molecule has 1 aromatic carbocycles. The van der Waals surface area contributed by atoms with Crippen molar-refractivity contribution in [3.05, 3.63) is 53.9 Å². The third-order valence-electron chi connectivity index (χ3n) is 3.14. The predicted octanol–water partition coefficient (Wildman–Crippen LogP) is 2.90. The molecule has 2 N–H and O–H groups in total. The first-order chi connectivity index (χ1) is 10.0.